The fraction of sp³-hybridized carbons (Fsp3) is 0.467. The van der Waals surface area contributed by atoms with Gasteiger partial charge in [0.2, 0.25) is 5.91 Å². The zero-order valence-corrected chi connectivity index (χ0v) is 14.1. The molecule has 0 spiro atoms. The van der Waals surface area contributed by atoms with Crippen molar-refractivity contribution < 1.29 is 14.7 Å². The Labute approximate surface area is 136 Å². The zero-order chi connectivity index (χ0) is 17.3. The van der Waals surface area contributed by atoms with Gasteiger partial charge in [0, 0.05) is 6.42 Å². The fourth-order valence-corrected chi connectivity index (χ4v) is 3.70. The van der Waals surface area contributed by atoms with Crippen molar-refractivity contribution in [3.63, 3.8) is 0 Å². The summed E-state index contributed by atoms with van der Waals surface area (Å²) < 4.78 is 1.33. The predicted molar refractivity (Wildman–Crippen MR) is 88.1 cm³/mol. The first-order valence-electron chi connectivity index (χ1n) is 7.40. The lowest BCUT2D eigenvalue weighted by Crippen LogP contribution is -2.36. The average molecular weight is 337 g/mol. The molecule has 3 N–H and O–H groups in total. The standard InChI is InChI=1S/C15H19N3O4S/c1-4-6-9-17-13-10(7(3)11(23-13)15(21)22)14(20)18(9)8(5-2)12(16)19/h8H,4-6H2,1-3H3,(H2,16,19)(H,21,22). The van der Waals surface area contributed by atoms with Crippen molar-refractivity contribution in [2.75, 3.05) is 0 Å². The van der Waals surface area contributed by atoms with Crippen LogP contribution in [0.25, 0.3) is 10.2 Å². The highest BCUT2D eigenvalue weighted by atomic mass is 32.1. The van der Waals surface area contributed by atoms with Crippen LogP contribution in [-0.2, 0) is 11.2 Å². The van der Waals surface area contributed by atoms with Crippen molar-refractivity contribution in [3.05, 3.63) is 26.6 Å². The first-order valence-corrected chi connectivity index (χ1v) is 8.22. The lowest BCUT2D eigenvalue weighted by Gasteiger charge is -2.18. The number of nitrogens with zero attached hydrogens (tertiary/aromatic N) is 2. The van der Waals surface area contributed by atoms with Crippen LogP contribution in [0.5, 0.6) is 0 Å². The Morgan fingerprint density at radius 2 is 2.04 bits per heavy atom. The van der Waals surface area contributed by atoms with E-state index in [0.29, 0.717) is 29.1 Å². The van der Waals surface area contributed by atoms with E-state index >= 15 is 0 Å². The van der Waals surface area contributed by atoms with Crippen LogP contribution in [0.15, 0.2) is 4.79 Å². The van der Waals surface area contributed by atoms with Crippen molar-refractivity contribution in [2.24, 2.45) is 5.73 Å². The molecular formula is C15H19N3O4S. The molecule has 0 aliphatic rings. The van der Waals surface area contributed by atoms with Crippen molar-refractivity contribution in [3.8, 4) is 0 Å². The second-order valence-corrected chi connectivity index (χ2v) is 6.32. The quantitative estimate of drug-likeness (QED) is 0.834. The number of aromatic carboxylic acids is 1. The second-order valence-electron chi connectivity index (χ2n) is 5.32. The molecule has 8 heteroatoms. The van der Waals surface area contributed by atoms with Gasteiger partial charge < -0.3 is 10.8 Å². The number of nitrogens with two attached hydrogens (primary N) is 1. The molecule has 0 saturated heterocycles. The van der Waals surface area contributed by atoms with Gasteiger partial charge in [-0.15, -0.1) is 11.3 Å². The van der Waals surface area contributed by atoms with E-state index in [-0.39, 0.29) is 10.3 Å². The lowest BCUT2D eigenvalue weighted by atomic mass is 10.1. The maximum atomic E-state index is 12.9. The second kappa shape index (κ2) is 6.49. The summed E-state index contributed by atoms with van der Waals surface area (Å²) in [5.74, 6) is -1.22. The van der Waals surface area contributed by atoms with E-state index in [1.165, 1.54) is 4.57 Å². The van der Waals surface area contributed by atoms with Gasteiger partial charge in [0.05, 0.1) is 5.39 Å². The number of amides is 1. The number of hydrogen-bond donors (Lipinski definition) is 2. The molecule has 0 saturated carbocycles. The third-order valence-electron chi connectivity index (χ3n) is 3.76. The molecule has 2 aromatic heterocycles. The van der Waals surface area contributed by atoms with E-state index in [4.69, 9.17) is 5.73 Å². The molecule has 1 amide bonds. The number of carboxylic acid groups (broad SMARTS) is 1. The minimum atomic E-state index is -1.09. The van der Waals surface area contributed by atoms with E-state index in [1.54, 1.807) is 13.8 Å². The van der Waals surface area contributed by atoms with E-state index < -0.39 is 23.5 Å². The van der Waals surface area contributed by atoms with Gasteiger partial charge in [-0.2, -0.15) is 0 Å². The molecule has 0 bridgehead atoms. The Bertz CT molecular complexity index is 837. The van der Waals surface area contributed by atoms with Crippen LogP contribution >= 0.6 is 11.3 Å². The summed E-state index contributed by atoms with van der Waals surface area (Å²) in [7, 11) is 0. The third-order valence-corrected chi connectivity index (χ3v) is 4.94. The highest BCUT2D eigenvalue weighted by Crippen LogP contribution is 2.28. The van der Waals surface area contributed by atoms with Crippen LogP contribution in [0.2, 0.25) is 0 Å². The Kier molecular flexibility index (Phi) is 4.84. The molecule has 0 aliphatic heterocycles. The molecule has 0 fully saturated rings. The number of aromatic nitrogens is 2. The smallest absolute Gasteiger partial charge is 0.346 e. The highest BCUT2D eigenvalue weighted by molar-refractivity contribution is 7.20. The predicted octanol–water partition coefficient (Wildman–Crippen LogP) is 1.85. The molecule has 2 heterocycles. The lowest BCUT2D eigenvalue weighted by molar-refractivity contribution is -0.121. The van der Waals surface area contributed by atoms with E-state index in [0.717, 1.165) is 17.8 Å². The monoisotopic (exact) mass is 337 g/mol. The maximum absolute atomic E-state index is 12.9. The number of carbonyl (C=O) groups excluding carboxylic acids is 1. The first kappa shape index (κ1) is 17.1. The summed E-state index contributed by atoms with van der Waals surface area (Å²) in [6.45, 7) is 5.29. The Morgan fingerprint density at radius 3 is 2.52 bits per heavy atom. The zero-order valence-electron chi connectivity index (χ0n) is 13.3. The molecule has 23 heavy (non-hydrogen) atoms. The van der Waals surface area contributed by atoms with Crippen LogP contribution in [-0.4, -0.2) is 26.5 Å². The van der Waals surface area contributed by atoms with Gasteiger partial charge in [0.1, 0.15) is 21.6 Å². The van der Waals surface area contributed by atoms with Crippen LogP contribution < -0.4 is 11.3 Å². The summed E-state index contributed by atoms with van der Waals surface area (Å²) >= 11 is 0.982. The molecule has 124 valence electrons. The molecule has 0 aliphatic carbocycles. The maximum Gasteiger partial charge on any atom is 0.346 e. The van der Waals surface area contributed by atoms with Crippen molar-refractivity contribution >= 4 is 33.4 Å². The number of hydrogen-bond acceptors (Lipinski definition) is 5. The van der Waals surface area contributed by atoms with Crippen molar-refractivity contribution in [1.82, 2.24) is 9.55 Å². The molecular weight excluding hydrogens is 318 g/mol. The fourth-order valence-electron chi connectivity index (χ4n) is 2.67. The van der Waals surface area contributed by atoms with Crippen LogP contribution in [0.1, 0.15) is 53.8 Å². The minimum Gasteiger partial charge on any atom is -0.477 e. The summed E-state index contributed by atoms with van der Waals surface area (Å²) in [4.78, 5) is 40.9. The number of aryl methyl sites for hydroxylation is 2. The number of carbonyl (C=O) groups is 2. The van der Waals surface area contributed by atoms with Gasteiger partial charge in [-0.05, 0) is 25.3 Å². The van der Waals surface area contributed by atoms with Crippen molar-refractivity contribution in [2.45, 2.75) is 46.1 Å². The van der Waals surface area contributed by atoms with Gasteiger partial charge in [-0.1, -0.05) is 13.8 Å². The molecule has 2 rings (SSSR count). The van der Waals surface area contributed by atoms with Crippen LogP contribution in [0, 0.1) is 6.92 Å². The first-order chi connectivity index (χ1) is 10.8. The minimum absolute atomic E-state index is 0.0944. The van der Waals surface area contributed by atoms with Gasteiger partial charge in [0.15, 0.2) is 0 Å². The van der Waals surface area contributed by atoms with E-state index in [2.05, 4.69) is 4.98 Å². The number of thiophene rings is 1. The van der Waals surface area contributed by atoms with Gasteiger partial charge in [0.25, 0.3) is 5.56 Å². The average Bonchev–Trinajstić information content (AvgIpc) is 2.80. The third kappa shape index (κ3) is 2.86. The molecule has 0 radical (unpaired) electrons. The Morgan fingerprint density at radius 1 is 1.39 bits per heavy atom. The topological polar surface area (TPSA) is 115 Å². The molecule has 7 nitrogen and oxygen atoms in total. The Hall–Kier alpha value is -2.22. The summed E-state index contributed by atoms with van der Waals surface area (Å²) in [6, 6.07) is -0.784. The normalized spacial score (nSPS) is 12.5. The number of fused-ring (bicyclic) bond motifs is 1. The summed E-state index contributed by atoms with van der Waals surface area (Å²) in [5, 5.41) is 9.50. The van der Waals surface area contributed by atoms with Crippen LogP contribution in [0.3, 0.4) is 0 Å². The van der Waals surface area contributed by atoms with E-state index in [1.807, 2.05) is 6.92 Å². The summed E-state index contributed by atoms with van der Waals surface area (Å²) in [5.41, 5.74) is 5.41. The number of carboxylic acids is 1. The van der Waals surface area contributed by atoms with Gasteiger partial charge >= 0.3 is 5.97 Å². The molecule has 1 atom stereocenters. The molecule has 1 unspecified atom stereocenters. The van der Waals surface area contributed by atoms with Gasteiger partial charge in [-0.25, -0.2) is 9.78 Å². The summed E-state index contributed by atoms with van der Waals surface area (Å²) in [6.07, 6.45) is 1.62. The number of rotatable bonds is 6. The van der Waals surface area contributed by atoms with E-state index in [9.17, 15) is 19.5 Å². The molecule has 0 aromatic carbocycles. The number of primary amides is 1. The van der Waals surface area contributed by atoms with Gasteiger partial charge in [-0.3, -0.25) is 14.2 Å². The highest BCUT2D eigenvalue weighted by Gasteiger charge is 2.25. The van der Waals surface area contributed by atoms with Crippen molar-refractivity contribution in [1.29, 1.82) is 0 Å². The largest absolute Gasteiger partial charge is 0.477 e. The van der Waals surface area contributed by atoms with Crippen LogP contribution in [0.4, 0.5) is 0 Å². The molecule has 2 aromatic rings. The Balaban J connectivity index is 2.89. The SMILES string of the molecule is CCCc1nc2sc(C(=O)O)c(C)c2c(=O)n1C(CC)C(N)=O.